The highest BCUT2D eigenvalue weighted by Gasteiger charge is 2.07. The number of imidazole rings is 1. The van der Waals surface area contributed by atoms with E-state index >= 15 is 0 Å². The van der Waals surface area contributed by atoms with Crippen LogP contribution in [0.5, 0.6) is 0 Å². The van der Waals surface area contributed by atoms with Crippen LogP contribution >= 0.6 is 11.6 Å². The van der Waals surface area contributed by atoms with Crippen molar-refractivity contribution in [3.05, 3.63) is 77.1 Å². The molecule has 0 spiro atoms. The lowest BCUT2D eigenvalue weighted by atomic mass is 10.2. The first-order valence-corrected chi connectivity index (χ1v) is 7.19. The van der Waals surface area contributed by atoms with Gasteiger partial charge in [0.1, 0.15) is 0 Å². The Balaban J connectivity index is 1.86. The minimum atomic E-state index is 0.733. The van der Waals surface area contributed by atoms with Crippen molar-refractivity contribution in [1.82, 2.24) is 9.55 Å². The first-order chi connectivity index (χ1) is 10.2. The van der Waals surface area contributed by atoms with Gasteiger partial charge < -0.3 is 9.88 Å². The summed E-state index contributed by atoms with van der Waals surface area (Å²) >= 11 is 6.05. The van der Waals surface area contributed by atoms with E-state index in [-0.39, 0.29) is 0 Å². The summed E-state index contributed by atoms with van der Waals surface area (Å²) in [5.74, 6) is 0.832. The van der Waals surface area contributed by atoms with Crippen molar-refractivity contribution >= 4 is 23.2 Å². The van der Waals surface area contributed by atoms with Gasteiger partial charge in [0.15, 0.2) is 0 Å². The smallest absolute Gasteiger partial charge is 0.207 e. The maximum Gasteiger partial charge on any atom is 0.207 e. The highest BCUT2D eigenvalue weighted by molar-refractivity contribution is 6.30. The van der Waals surface area contributed by atoms with Crippen molar-refractivity contribution in [3.63, 3.8) is 0 Å². The number of halogens is 1. The SMILES string of the molecule is Cc1cn(Cc2cccc(Cl)c2)c(Nc2ccccc2)n1. The van der Waals surface area contributed by atoms with Crippen LogP contribution in [0.4, 0.5) is 11.6 Å². The van der Waals surface area contributed by atoms with Gasteiger partial charge in [-0.1, -0.05) is 41.9 Å². The van der Waals surface area contributed by atoms with Crippen LogP contribution in [0, 0.1) is 6.92 Å². The Labute approximate surface area is 129 Å². The molecule has 3 aromatic rings. The molecule has 0 unspecified atom stereocenters. The number of anilines is 2. The number of para-hydroxylation sites is 1. The lowest BCUT2D eigenvalue weighted by Gasteiger charge is -2.10. The van der Waals surface area contributed by atoms with Gasteiger partial charge in [-0.25, -0.2) is 4.98 Å². The van der Waals surface area contributed by atoms with Crippen molar-refractivity contribution in [2.45, 2.75) is 13.5 Å². The molecule has 1 aromatic heterocycles. The Morgan fingerprint density at radius 1 is 1.10 bits per heavy atom. The number of rotatable bonds is 4. The molecule has 0 bridgehead atoms. The van der Waals surface area contributed by atoms with E-state index in [1.54, 1.807) is 0 Å². The lowest BCUT2D eigenvalue weighted by Crippen LogP contribution is -2.04. The quantitative estimate of drug-likeness (QED) is 0.760. The van der Waals surface area contributed by atoms with E-state index in [9.17, 15) is 0 Å². The zero-order chi connectivity index (χ0) is 14.7. The minimum absolute atomic E-state index is 0.733. The van der Waals surface area contributed by atoms with E-state index in [1.165, 1.54) is 0 Å². The maximum atomic E-state index is 6.05. The standard InChI is InChI=1S/C17H16ClN3/c1-13-11-21(12-14-6-5-7-15(18)10-14)17(19-13)20-16-8-3-2-4-9-16/h2-11H,12H2,1H3,(H,19,20). The van der Waals surface area contributed by atoms with E-state index in [0.717, 1.165) is 34.5 Å². The molecule has 106 valence electrons. The first kappa shape index (κ1) is 13.7. The molecule has 0 aliphatic heterocycles. The first-order valence-electron chi connectivity index (χ1n) is 6.81. The maximum absolute atomic E-state index is 6.05. The third-order valence-corrected chi connectivity index (χ3v) is 3.40. The van der Waals surface area contributed by atoms with Gasteiger partial charge in [-0.05, 0) is 36.8 Å². The second kappa shape index (κ2) is 6.02. The molecule has 2 aromatic carbocycles. The number of nitrogens with one attached hydrogen (secondary N) is 1. The summed E-state index contributed by atoms with van der Waals surface area (Å²) in [6.45, 7) is 2.72. The summed E-state index contributed by atoms with van der Waals surface area (Å²) < 4.78 is 2.09. The van der Waals surface area contributed by atoms with Gasteiger partial charge in [0, 0.05) is 16.9 Å². The molecule has 0 amide bonds. The van der Waals surface area contributed by atoms with Crippen LogP contribution in [0.25, 0.3) is 0 Å². The summed E-state index contributed by atoms with van der Waals surface area (Å²) in [7, 11) is 0. The minimum Gasteiger partial charge on any atom is -0.326 e. The average molecular weight is 298 g/mol. The second-order valence-electron chi connectivity index (χ2n) is 4.95. The topological polar surface area (TPSA) is 29.9 Å². The molecule has 0 aliphatic rings. The van der Waals surface area contributed by atoms with E-state index in [0.29, 0.717) is 0 Å². The van der Waals surface area contributed by atoms with Crippen LogP contribution in [0.15, 0.2) is 60.8 Å². The molecule has 0 fully saturated rings. The van der Waals surface area contributed by atoms with Gasteiger partial charge in [-0.2, -0.15) is 0 Å². The molecule has 1 N–H and O–H groups in total. The largest absolute Gasteiger partial charge is 0.326 e. The van der Waals surface area contributed by atoms with Gasteiger partial charge in [-0.15, -0.1) is 0 Å². The van der Waals surface area contributed by atoms with Crippen molar-refractivity contribution in [2.24, 2.45) is 0 Å². The zero-order valence-electron chi connectivity index (χ0n) is 11.8. The molecule has 0 saturated heterocycles. The summed E-state index contributed by atoms with van der Waals surface area (Å²) in [5, 5.41) is 4.10. The van der Waals surface area contributed by atoms with E-state index in [2.05, 4.69) is 20.9 Å². The Hall–Kier alpha value is -2.26. The van der Waals surface area contributed by atoms with Crippen LogP contribution in [-0.2, 0) is 6.54 Å². The fourth-order valence-electron chi connectivity index (χ4n) is 2.25. The highest BCUT2D eigenvalue weighted by Crippen LogP contribution is 2.18. The van der Waals surface area contributed by atoms with Crippen LogP contribution in [0.1, 0.15) is 11.3 Å². The predicted octanol–water partition coefficient (Wildman–Crippen LogP) is 4.64. The molecule has 0 radical (unpaired) electrons. The van der Waals surface area contributed by atoms with Crippen LogP contribution in [0.3, 0.4) is 0 Å². The number of hydrogen-bond acceptors (Lipinski definition) is 2. The summed E-state index contributed by atoms with van der Waals surface area (Å²) in [5.41, 5.74) is 3.15. The molecule has 21 heavy (non-hydrogen) atoms. The van der Waals surface area contributed by atoms with Crippen molar-refractivity contribution in [3.8, 4) is 0 Å². The number of aryl methyl sites for hydroxylation is 1. The summed E-state index contributed by atoms with van der Waals surface area (Å²) in [6, 6.07) is 17.9. The molecule has 1 heterocycles. The molecular formula is C17H16ClN3. The van der Waals surface area contributed by atoms with Gasteiger partial charge in [-0.3, -0.25) is 0 Å². The predicted molar refractivity (Wildman–Crippen MR) is 87.2 cm³/mol. The summed E-state index contributed by atoms with van der Waals surface area (Å²) in [6.07, 6.45) is 2.03. The summed E-state index contributed by atoms with van der Waals surface area (Å²) in [4.78, 5) is 4.54. The molecule has 3 rings (SSSR count). The third-order valence-electron chi connectivity index (χ3n) is 3.17. The average Bonchev–Trinajstić information content (AvgIpc) is 2.80. The third kappa shape index (κ3) is 3.44. The van der Waals surface area contributed by atoms with E-state index in [4.69, 9.17) is 11.6 Å². The number of nitrogens with zero attached hydrogens (tertiary/aromatic N) is 2. The van der Waals surface area contributed by atoms with E-state index in [1.807, 2.05) is 61.7 Å². The molecule has 4 heteroatoms. The highest BCUT2D eigenvalue weighted by atomic mass is 35.5. The fraction of sp³-hybridized carbons (Fsp3) is 0.118. The number of aromatic nitrogens is 2. The Kier molecular flexibility index (Phi) is 3.93. The van der Waals surface area contributed by atoms with Crippen molar-refractivity contribution in [1.29, 1.82) is 0 Å². The number of hydrogen-bond donors (Lipinski definition) is 1. The van der Waals surface area contributed by atoms with Crippen molar-refractivity contribution in [2.75, 3.05) is 5.32 Å². The van der Waals surface area contributed by atoms with Crippen LogP contribution in [0.2, 0.25) is 5.02 Å². The lowest BCUT2D eigenvalue weighted by molar-refractivity contribution is 0.807. The van der Waals surface area contributed by atoms with Gasteiger partial charge in [0.05, 0.1) is 12.2 Å². The number of benzene rings is 2. The molecule has 0 saturated carbocycles. The fourth-order valence-corrected chi connectivity index (χ4v) is 2.46. The van der Waals surface area contributed by atoms with Gasteiger partial charge in [0.25, 0.3) is 0 Å². The van der Waals surface area contributed by atoms with Gasteiger partial charge >= 0.3 is 0 Å². The van der Waals surface area contributed by atoms with Crippen LogP contribution < -0.4 is 5.32 Å². The Bertz CT molecular complexity index is 735. The van der Waals surface area contributed by atoms with E-state index < -0.39 is 0 Å². The monoisotopic (exact) mass is 297 g/mol. The molecular weight excluding hydrogens is 282 g/mol. The van der Waals surface area contributed by atoms with Crippen molar-refractivity contribution < 1.29 is 0 Å². The second-order valence-corrected chi connectivity index (χ2v) is 5.39. The molecule has 0 aliphatic carbocycles. The Morgan fingerprint density at radius 2 is 1.90 bits per heavy atom. The zero-order valence-corrected chi connectivity index (χ0v) is 12.5. The van der Waals surface area contributed by atoms with Gasteiger partial charge in [0.2, 0.25) is 5.95 Å². The normalized spacial score (nSPS) is 10.6. The Morgan fingerprint density at radius 3 is 2.67 bits per heavy atom. The van der Waals surface area contributed by atoms with Crippen LogP contribution in [-0.4, -0.2) is 9.55 Å². The molecule has 3 nitrogen and oxygen atoms in total. The molecule has 0 atom stereocenters.